The highest BCUT2D eigenvalue weighted by molar-refractivity contribution is 6.33. The van der Waals surface area contributed by atoms with E-state index < -0.39 is 0 Å². The maximum absolute atomic E-state index is 12.3. The van der Waals surface area contributed by atoms with Crippen LogP contribution in [0.25, 0.3) is 0 Å². The van der Waals surface area contributed by atoms with Crippen molar-refractivity contribution in [1.29, 1.82) is 0 Å². The third-order valence-corrected chi connectivity index (χ3v) is 4.47. The minimum atomic E-state index is -0.144. The fourth-order valence-electron chi connectivity index (χ4n) is 2.97. The van der Waals surface area contributed by atoms with Gasteiger partial charge in [-0.25, -0.2) is 0 Å². The van der Waals surface area contributed by atoms with Crippen molar-refractivity contribution in [3.8, 4) is 0 Å². The lowest BCUT2D eigenvalue weighted by molar-refractivity contribution is 0.0937. The van der Waals surface area contributed by atoms with Gasteiger partial charge in [0.25, 0.3) is 5.91 Å². The molecule has 1 aliphatic rings. The van der Waals surface area contributed by atoms with Gasteiger partial charge in [0.05, 0.1) is 10.6 Å². The second-order valence-electron chi connectivity index (χ2n) is 5.85. The Morgan fingerprint density at radius 1 is 1.39 bits per heavy atom. The van der Waals surface area contributed by atoms with E-state index in [1.807, 2.05) is 6.92 Å². The number of aryl methyl sites for hydroxylation is 1. The quantitative estimate of drug-likeness (QED) is 0.909. The second-order valence-corrected chi connectivity index (χ2v) is 6.26. The minimum absolute atomic E-state index is 0.144. The first-order valence-electron chi connectivity index (χ1n) is 7.87. The van der Waals surface area contributed by atoms with E-state index in [1.165, 1.54) is 6.20 Å². The number of nitrogens with zero attached hydrogens (tertiary/aromatic N) is 3. The number of carbonyl (C=O) groups is 1. The van der Waals surface area contributed by atoms with Crippen LogP contribution in [0.4, 0.5) is 0 Å². The molecule has 0 spiro atoms. The Morgan fingerprint density at radius 2 is 2.22 bits per heavy atom. The van der Waals surface area contributed by atoms with Gasteiger partial charge in [-0.05, 0) is 31.2 Å². The van der Waals surface area contributed by atoms with E-state index in [0.717, 1.165) is 32.1 Å². The van der Waals surface area contributed by atoms with Crippen LogP contribution in [-0.4, -0.2) is 27.1 Å². The monoisotopic (exact) mass is 334 g/mol. The van der Waals surface area contributed by atoms with Crippen LogP contribution < -0.4 is 5.32 Å². The molecule has 2 atom stereocenters. The molecule has 0 aliphatic heterocycles. The van der Waals surface area contributed by atoms with E-state index in [4.69, 9.17) is 16.0 Å². The average molecular weight is 335 g/mol. The van der Waals surface area contributed by atoms with Crippen molar-refractivity contribution in [3.63, 3.8) is 0 Å². The minimum Gasteiger partial charge on any atom is -0.425 e. The number of carbonyl (C=O) groups excluding carboxylic acids is 1. The fourth-order valence-corrected chi connectivity index (χ4v) is 3.18. The summed E-state index contributed by atoms with van der Waals surface area (Å²) in [5.41, 5.74) is 0.467. The molecule has 3 rings (SSSR count). The highest BCUT2D eigenvalue weighted by atomic mass is 35.5. The number of nitrogens with one attached hydrogen (secondary N) is 1. The Kier molecular flexibility index (Phi) is 4.91. The molecule has 6 nitrogen and oxygen atoms in total. The number of rotatable bonds is 5. The zero-order valence-corrected chi connectivity index (χ0v) is 13.7. The van der Waals surface area contributed by atoms with Crippen molar-refractivity contribution in [2.24, 2.45) is 5.92 Å². The first kappa shape index (κ1) is 15.9. The fraction of sp³-hybridized carbons (Fsp3) is 0.500. The van der Waals surface area contributed by atoms with Gasteiger partial charge in [0, 0.05) is 31.3 Å². The standard InChI is InChI=1S/C16H19ClN4O2/c1-2-14-20-21-15(23-14)8-10-3-4-11(7-10)19-16(22)12-5-6-18-9-13(12)17/h5-6,9-11H,2-4,7-8H2,1H3,(H,19,22)/t10-,11+/m1/s1. The summed E-state index contributed by atoms with van der Waals surface area (Å²) in [7, 11) is 0. The number of hydrogen-bond acceptors (Lipinski definition) is 5. The van der Waals surface area contributed by atoms with Gasteiger partial charge in [0.15, 0.2) is 0 Å². The molecular weight excluding hydrogens is 316 g/mol. The third-order valence-electron chi connectivity index (χ3n) is 4.17. The summed E-state index contributed by atoms with van der Waals surface area (Å²) in [4.78, 5) is 16.2. The van der Waals surface area contributed by atoms with Crippen molar-refractivity contribution >= 4 is 17.5 Å². The lowest BCUT2D eigenvalue weighted by Gasteiger charge is -2.13. The maximum Gasteiger partial charge on any atom is 0.253 e. The molecule has 0 radical (unpaired) electrons. The van der Waals surface area contributed by atoms with Crippen LogP contribution in [0.15, 0.2) is 22.9 Å². The zero-order valence-electron chi connectivity index (χ0n) is 13.0. The molecule has 1 aliphatic carbocycles. The molecule has 1 saturated carbocycles. The van der Waals surface area contributed by atoms with Gasteiger partial charge in [-0.3, -0.25) is 9.78 Å². The Bertz CT molecular complexity index is 688. The number of hydrogen-bond donors (Lipinski definition) is 1. The Balaban J connectivity index is 1.53. The zero-order chi connectivity index (χ0) is 16.2. The van der Waals surface area contributed by atoms with E-state index in [1.54, 1.807) is 12.3 Å². The predicted molar refractivity (Wildman–Crippen MR) is 85.2 cm³/mol. The summed E-state index contributed by atoms with van der Waals surface area (Å²) in [5.74, 6) is 1.68. The van der Waals surface area contributed by atoms with Crippen LogP contribution in [-0.2, 0) is 12.8 Å². The highest BCUT2D eigenvalue weighted by Crippen LogP contribution is 2.29. The van der Waals surface area contributed by atoms with E-state index >= 15 is 0 Å². The highest BCUT2D eigenvalue weighted by Gasteiger charge is 2.28. The lowest BCUT2D eigenvalue weighted by Crippen LogP contribution is -2.33. The summed E-state index contributed by atoms with van der Waals surface area (Å²) < 4.78 is 5.56. The summed E-state index contributed by atoms with van der Waals surface area (Å²) >= 11 is 6.01. The number of amides is 1. The summed E-state index contributed by atoms with van der Waals surface area (Å²) in [5, 5.41) is 11.5. The number of pyridine rings is 1. The average Bonchev–Trinajstić information content (AvgIpc) is 3.17. The predicted octanol–water partition coefficient (Wildman–Crippen LogP) is 2.82. The smallest absolute Gasteiger partial charge is 0.253 e. The van der Waals surface area contributed by atoms with Gasteiger partial charge in [0.2, 0.25) is 11.8 Å². The van der Waals surface area contributed by atoms with Crippen LogP contribution in [0, 0.1) is 5.92 Å². The normalized spacial score (nSPS) is 20.6. The van der Waals surface area contributed by atoms with E-state index in [0.29, 0.717) is 28.3 Å². The van der Waals surface area contributed by atoms with Gasteiger partial charge in [-0.2, -0.15) is 0 Å². The molecule has 1 fully saturated rings. The molecule has 0 aromatic carbocycles. The number of aromatic nitrogens is 3. The van der Waals surface area contributed by atoms with Crippen molar-refractivity contribution < 1.29 is 9.21 Å². The first-order chi connectivity index (χ1) is 11.2. The van der Waals surface area contributed by atoms with E-state index in [2.05, 4.69) is 20.5 Å². The van der Waals surface area contributed by atoms with E-state index in [-0.39, 0.29) is 11.9 Å². The molecular formula is C16H19ClN4O2. The molecule has 122 valence electrons. The molecule has 2 aromatic rings. The third kappa shape index (κ3) is 3.88. The summed E-state index contributed by atoms with van der Waals surface area (Å²) in [6.07, 6.45) is 7.48. The first-order valence-corrected chi connectivity index (χ1v) is 8.25. The SMILES string of the molecule is CCc1nnc(C[C@@H]2CC[C@H](NC(=O)c3ccncc3Cl)C2)o1. The molecule has 1 N–H and O–H groups in total. The molecule has 2 heterocycles. The van der Waals surface area contributed by atoms with Crippen molar-refractivity contribution in [3.05, 3.63) is 40.8 Å². The number of halogens is 1. The van der Waals surface area contributed by atoms with Gasteiger partial charge in [-0.15, -0.1) is 10.2 Å². The van der Waals surface area contributed by atoms with Crippen molar-refractivity contribution in [2.45, 2.75) is 45.1 Å². The Hall–Kier alpha value is -1.95. The Morgan fingerprint density at radius 3 is 2.96 bits per heavy atom. The molecule has 2 aromatic heterocycles. The molecule has 7 heteroatoms. The van der Waals surface area contributed by atoms with Crippen molar-refractivity contribution in [1.82, 2.24) is 20.5 Å². The largest absolute Gasteiger partial charge is 0.425 e. The van der Waals surface area contributed by atoms with Crippen LogP contribution >= 0.6 is 11.6 Å². The second kappa shape index (κ2) is 7.08. The molecule has 0 bridgehead atoms. The summed E-state index contributed by atoms with van der Waals surface area (Å²) in [6, 6.07) is 1.79. The molecule has 23 heavy (non-hydrogen) atoms. The molecule has 1 amide bonds. The molecule has 0 unspecified atom stereocenters. The van der Waals surface area contributed by atoms with Gasteiger partial charge >= 0.3 is 0 Å². The van der Waals surface area contributed by atoms with Crippen LogP contribution in [0.1, 0.15) is 48.3 Å². The Labute approximate surface area is 139 Å². The van der Waals surface area contributed by atoms with E-state index in [9.17, 15) is 4.79 Å². The van der Waals surface area contributed by atoms with Crippen LogP contribution in [0.2, 0.25) is 5.02 Å². The van der Waals surface area contributed by atoms with Crippen molar-refractivity contribution in [2.75, 3.05) is 0 Å². The molecule has 0 saturated heterocycles. The van der Waals surface area contributed by atoms with Gasteiger partial charge < -0.3 is 9.73 Å². The van der Waals surface area contributed by atoms with Gasteiger partial charge in [0.1, 0.15) is 0 Å². The van der Waals surface area contributed by atoms with Crippen LogP contribution in [0.3, 0.4) is 0 Å². The lowest BCUT2D eigenvalue weighted by atomic mass is 10.0. The van der Waals surface area contributed by atoms with Gasteiger partial charge in [-0.1, -0.05) is 18.5 Å². The summed E-state index contributed by atoms with van der Waals surface area (Å²) in [6.45, 7) is 1.99. The topological polar surface area (TPSA) is 80.9 Å². The van der Waals surface area contributed by atoms with Crippen LogP contribution in [0.5, 0.6) is 0 Å². The maximum atomic E-state index is 12.3.